The fourth-order valence-electron chi connectivity index (χ4n) is 7.96. The molecule has 0 spiro atoms. The summed E-state index contributed by atoms with van der Waals surface area (Å²) in [6.45, 7) is 0. The van der Waals surface area contributed by atoms with Crippen molar-refractivity contribution in [2.24, 2.45) is 0 Å². The summed E-state index contributed by atoms with van der Waals surface area (Å²) in [5.74, 6) is 0. The zero-order valence-electron chi connectivity index (χ0n) is 29.4. The maximum Gasteiger partial charge on any atom is 0.321 e. The Morgan fingerprint density at radius 2 is 0.815 bits per heavy atom. The molecule has 0 saturated carbocycles. The highest BCUT2D eigenvalue weighted by molar-refractivity contribution is 7.16. The van der Waals surface area contributed by atoms with Gasteiger partial charge in [-0.2, -0.15) is 0 Å². The number of anilines is 2. The third-order valence-electron chi connectivity index (χ3n) is 10.4. The molecule has 6 heteroatoms. The van der Waals surface area contributed by atoms with Gasteiger partial charge in [0, 0.05) is 45.1 Å². The van der Waals surface area contributed by atoms with Gasteiger partial charge < -0.3 is 18.0 Å². The Kier molecular flexibility index (Phi) is 7.97. The minimum absolute atomic E-state index is 0.858. The number of hydrogen-bond acceptors (Lipinski definition) is 4. The van der Waals surface area contributed by atoms with Crippen molar-refractivity contribution in [3.8, 4) is 0 Å². The molecule has 10 rings (SSSR count). The Morgan fingerprint density at radius 3 is 1.35 bits per heavy atom. The molecule has 257 valence electrons. The van der Waals surface area contributed by atoms with Crippen molar-refractivity contribution in [2.75, 3.05) is 9.21 Å². The molecule has 2 aromatic heterocycles. The van der Waals surface area contributed by atoms with E-state index in [1.54, 1.807) is 0 Å². The van der Waals surface area contributed by atoms with Gasteiger partial charge in [-0.3, -0.25) is 0 Å². The fraction of sp³-hybridized carbons (Fsp3) is 0. The lowest BCUT2D eigenvalue weighted by molar-refractivity contribution is 0.668. The Morgan fingerprint density at radius 1 is 0.389 bits per heavy atom. The average molecular weight is 728 g/mol. The molecule has 0 fully saturated rings. The summed E-state index contributed by atoms with van der Waals surface area (Å²) in [7, 11) is -5.05. The lowest BCUT2D eigenvalue weighted by atomic mass is 10.1. The minimum Gasteiger partial charge on any atom is -0.456 e. The maximum absolute atomic E-state index is 6.62. The van der Waals surface area contributed by atoms with Crippen molar-refractivity contribution in [3.63, 3.8) is 0 Å². The topological polar surface area (TPSA) is 41.6 Å². The summed E-state index contributed by atoms with van der Waals surface area (Å²) in [5.41, 5.74) is 5.60. The lowest BCUT2D eigenvalue weighted by Crippen LogP contribution is -2.82. The third kappa shape index (κ3) is 5.43. The first-order chi connectivity index (χ1) is 26.8. The number of nitrogens with zero attached hydrogens (tertiary/aromatic N) is 1. The summed E-state index contributed by atoms with van der Waals surface area (Å²) in [4.78, 5) is 4.35. The second kappa shape index (κ2) is 13.4. The smallest absolute Gasteiger partial charge is 0.321 e. The molecule has 4 nitrogen and oxygen atoms in total. The highest BCUT2D eigenvalue weighted by Gasteiger charge is 2.50. The van der Waals surface area contributed by atoms with Crippen LogP contribution >= 0.6 is 0 Å². The molecule has 1 N–H and O–H groups in total. The van der Waals surface area contributed by atoms with Crippen molar-refractivity contribution < 1.29 is 8.83 Å². The van der Waals surface area contributed by atoms with E-state index in [1.165, 1.54) is 20.7 Å². The zero-order valence-corrected chi connectivity index (χ0v) is 31.4. The highest BCUT2D eigenvalue weighted by Crippen LogP contribution is 2.35. The van der Waals surface area contributed by atoms with E-state index in [9.17, 15) is 0 Å². The number of fused-ring (bicyclic) bond motifs is 6. The average Bonchev–Trinajstić information content (AvgIpc) is 3.81. The molecule has 10 aromatic rings. The van der Waals surface area contributed by atoms with Gasteiger partial charge in [0.15, 0.2) is 0 Å². The second-order valence-electron chi connectivity index (χ2n) is 13.6. The van der Waals surface area contributed by atoms with E-state index in [-0.39, 0.29) is 0 Å². The van der Waals surface area contributed by atoms with Crippen LogP contribution in [0.5, 0.6) is 0 Å². The SMILES string of the molecule is c1ccc([Si](c2ccccc2)N(c2ccc3c(c2)oc2ccccc23)[Si](Nc2ccc3c(c2)oc2ccccc23)(c2ccccc2)c2ccccc2)cc1. The monoisotopic (exact) mass is 727 g/mol. The van der Waals surface area contributed by atoms with Gasteiger partial charge in [-0.05, 0) is 57.1 Å². The van der Waals surface area contributed by atoms with Crippen LogP contribution in [0.15, 0.2) is 215 Å². The highest BCUT2D eigenvalue weighted by atomic mass is 28.4. The molecule has 0 aliphatic rings. The van der Waals surface area contributed by atoms with Crippen molar-refractivity contribution in [3.05, 3.63) is 206 Å². The van der Waals surface area contributed by atoms with Crippen molar-refractivity contribution >= 4 is 93.4 Å². The Balaban J connectivity index is 1.31. The van der Waals surface area contributed by atoms with Gasteiger partial charge in [0.1, 0.15) is 22.3 Å². The molecule has 1 radical (unpaired) electrons. The molecule has 8 aromatic carbocycles. The van der Waals surface area contributed by atoms with Crippen LogP contribution in [0, 0.1) is 0 Å². The number of nitrogens with one attached hydrogen (secondary N) is 1. The molecule has 2 heterocycles. The van der Waals surface area contributed by atoms with E-state index < -0.39 is 17.4 Å². The van der Waals surface area contributed by atoms with E-state index in [0.717, 1.165) is 55.3 Å². The van der Waals surface area contributed by atoms with E-state index in [0.29, 0.717) is 0 Å². The number of furan rings is 2. The van der Waals surface area contributed by atoms with E-state index in [4.69, 9.17) is 8.83 Å². The van der Waals surface area contributed by atoms with Crippen LogP contribution in [0.4, 0.5) is 11.4 Å². The molecule has 0 aliphatic heterocycles. The Labute approximate surface area is 316 Å². The number of para-hydroxylation sites is 2. The van der Waals surface area contributed by atoms with Gasteiger partial charge >= 0.3 is 8.40 Å². The van der Waals surface area contributed by atoms with Crippen LogP contribution in [0.1, 0.15) is 0 Å². The predicted molar refractivity (Wildman–Crippen MR) is 229 cm³/mol. The molecule has 0 amide bonds. The van der Waals surface area contributed by atoms with Crippen molar-refractivity contribution in [1.82, 2.24) is 0 Å². The lowest BCUT2D eigenvalue weighted by Gasteiger charge is -2.48. The van der Waals surface area contributed by atoms with Crippen molar-refractivity contribution in [2.45, 2.75) is 0 Å². The van der Waals surface area contributed by atoms with Gasteiger partial charge in [-0.25, -0.2) is 0 Å². The molecular weight excluding hydrogens is 693 g/mol. The summed E-state index contributed by atoms with van der Waals surface area (Å²) >= 11 is 0. The molecule has 0 bridgehead atoms. The third-order valence-corrected chi connectivity index (χ3v) is 18.4. The van der Waals surface area contributed by atoms with E-state index >= 15 is 0 Å². The van der Waals surface area contributed by atoms with E-state index in [1.807, 2.05) is 18.2 Å². The minimum atomic E-state index is -3.29. The van der Waals surface area contributed by atoms with Gasteiger partial charge in [0.05, 0.1) is 0 Å². The number of benzene rings is 8. The van der Waals surface area contributed by atoms with Crippen LogP contribution in [-0.4, -0.2) is 17.4 Å². The van der Waals surface area contributed by atoms with Crippen LogP contribution in [-0.2, 0) is 0 Å². The van der Waals surface area contributed by atoms with Gasteiger partial charge in [-0.15, -0.1) is 0 Å². The zero-order chi connectivity index (χ0) is 35.9. The molecule has 0 atom stereocenters. The maximum atomic E-state index is 6.62. The molecule has 0 unspecified atom stereocenters. The summed E-state index contributed by atoms with van der Waals surface area (Å²) in [6, 6.07) is 74.2. The Hall–Kier alpha value is -6.61. The normalized spacial score (nSPS) is 11.9. The first-order valence-corrected chi connectivity index (χ1v) is 21.7. The molecule has 54 heavy (non-hydrogen) atoms. The number of rotatable bonds is 9. The summed E-state index contributed by atoms with van der Waals surface area (Å²) < 4.78 is 15.9. The first-order valence-electron chi connectivity index (χ1n) is 18.3. The fourth-order valence-corrected chi connectivity index (χ4v) is 17.0. The standard InChI is InChI=1S/C48H35N2O2Si2/c1-5-17-37(18-6-1)53(38-19-7-2-8-20-38)50(36-30-32-44-42-26-14-16-28-46(42)52-48(44)34-36)54(39-21-9-3-10-22-39,40-23-11-4-12-24-40)49-35-29-31-43-41-25-13-15-27-45(41)51-47(43)33-35/h1-34,49H. The summed E-state index contributed by atoms with van der Waals surface area (Å²) in [5, 5.41) is 9.50. The predicted octanol–water partition coefficient (Wildman–Crippen LogP) is 9.47. The van der Waals surface area contributed by atoms with Gasteiger partial charge in [-0.1, -0.05) is 158 Å². The quantitative estimate of drug-likeness (QED) is 0.151. The van der Waals surface area contributed by atoms with Crippen LogP contribution < -0.4 is 30.0 Å². The van der Waals surface area contributed by atoms with Gasteiger partial charge in [0.2, 0.25) is 8.96 Å². The second-order valence-corrected chi connectivity index (χ2v) is 19.6. The Bertz CT molecular complexity index is 2800. The first kappa shape index (κ1) is 32.1. The van der Waals surface area contributed by atoms with Crippen molar-refractivity contribution in [1.29, 1.82) is 0 Å². The molecular formula is C48H35N2O2Si2. The van der Waals surface area contributed by atoms with Crippen LogP contribution in [0.3, 0.4) is 0 Å². The molecule has 0 aliphatic carbocycles. The summed E-state index contributed by atoms with van der Waals surface area (Å²) in [6.07, 6.45) is 0. The molecule has 0 saturated heterocycles. The largest absolute Gasteiger partial charge is 0.456 e. The van der Waals surface area contributed by atoms with Crippen LogP contribution in [0.2, 0.25) is 0 Å². The van der Waals surface area contributed by atoms with Crippen LogP contribution in [0.25, 0.3) is 43.9 Å². The van der Waals surface area contributed by atoms with E-state index in [2.05, 4.69) is 197 Å². The number of hydrogen-bond donors (Lipinski definition) is 1. The van der Waals surface area contributed by atoms with Gasteiger partial charge in [0.25, 0.3) is 0 Å².